The first kappa shape index (κ1) is 13.6. The second kappa shape index (κ2) is 7.01. The molecule has 1 heterocycles. The summed E-state index contributed by atoms with van der Waals surface area (Å²) in [4.78, 5) is 37.9. The molecule has 0 N–H and O–H groups in total. The van der Waals surface area contributed by atoms with E-state index in [9.17, 15) is 14.4 Å². The van der Waals surface area contributed by atoms with Crippen molar-refractivity contribution in [2.45, 2.75) is 6.92 Å². The zero-order valence-corrected chi connectivity index (χ0v) is 10.2. The molecule has 0 radical (unpaired) electrons. The number of hydrogen-bond acceptors (Lipinski definition) is 4. The number of nitrogens with zero attached hydrogens (tertiary/aromatic N) is 3. The molecule has 1 aliphatic rings. The highest BCUT2D eigenvalue weighted by molar-refractivity contribution is 5.77. The van der Waals surface area contributed by atoms with Crippen LogP contribution in [0.1, 0.15) is 6.92 Å². The first-order chi connectivity index (χ1) is 8.15. The number of amides is 2. The maximum Gasteiger partial charge on any atom is 0.209 e. The van der Waals surface area contributed by atoms with Crippen molar-refractivity contribution in [2.24, 2.45) is 0 Å². The zero-order chi connectivity index (χ0) is 12.7. The van der Waals surface area contributed by atoms with Crippen molar-refractivity contribution >= 4 is 18.6 Å². The van der Waals surface area contributed by atoms with E-state index in [1.807, 2.05) is 4.90 Å². The largest absolute Gasteiger partial charge is 0.342 e. The molecule has 0 aromatic heterocycles. The SMILES string of the molecule is CC(=O)CN1CCN(C=O)CCN(C=O)CC1. The minimum absolute atomic E-state index is 0.0968. The smallest absolute Gasteiger partial charge is 0.209 e. The fraction of sp³-hybridized carbons (Fsp3) is 0.727. The fourth-order valence-corrected chi connectivity index (χ4v) is 1.82. The van der Waals surface area contributed by atoms with Gasteiger partial charge in [0.25, 0.3) is 0 Å². The second-order valence-electron chi connectivity index (χ2n) is 4.26. The molecule has 0 saturated carbocycles. The van der Waals surface area contributed by atoms with E-state index in [-0.39, 0.29) is 5.78 Å². The van der Waals surface area contributed by atoms with E-state index >= 15 is 0 Å². The van der Waals surface area contributed by atoms with Crippen LogP contribution in [0.2, 0.25) is 0 Å². The molecule has 1 fully saturated rings. The van der Waals surface area contributed by atoms with Crippen molar-refractivity contribution in [1.82, 2.24) is 14.7 Å². The van der Waals surface area contributed by atoms with E-state index in [0.29, 0.717) is 45.8 Å². The topological polar surface area (TPSA) is 60.9 Å². The molecule has 2 amide bonds. The quantitative estimate of drug-likeness (QED) is 0.581. The van der Waals surface area contributed by atoms with E-state index in [1.54, 1.807) is 16.7 Å². The maximum absolute atomic E-state index is 11.1. The predicted octanol–water partition coefficient (Wildman–Crippen LogP) is -1.19. The number of carbonyl (C=O) groups excluding carboxylic acids is 3. The predicted molar refractivity (Wildman–Crippen MR) is 62.4 cm³/mol. The Morgan fingerprint density at radius 2 is 1.35 bits per heavy atom. The van der Waals surface area contributed by atoms with E-state index < -0.39 is 0 Å². The molecule has 1 saturated heterocycles. The molecule has 0 aromatic carbocycles. The molecular formula is C11H19N3O3. The minimum Gasteiger partial charge on any atom is -0.342 e. The summed E-state index contributed by atoms with van der Waals surface area (Å²) in [6, 6.07) is 0. The standard InChI is InChI=1S/C11H19N3O3/c1-11(17)8-12-2-4-13(9-15)6-7-14(10-16)5-3-12/h9-10H,2-8H2,1H3. The summed E-state index contributed by atoms with van der Waals surface area (Å²) in [6.45, 7) is 5.57. The van der Waals surface area contributed by atoms with Crippen LogP contribution in [0.3, 0.4) is 0 Å². The number of hydrogen-bond donors (Lipinski definition) is 0. The van der Waals surface area contributed by atoms with E-state index in [4.69, 9.17) is 0 Å². The lowest BCUT2D eigenvalue weighted by atomic mass is 10.3. The van der Waals surface area contributed by atoms with Gasteiger partial charge in [-0.05, 0) is 6.92 Å². The van der Waals surface area contributed by atoms with Crippen LogP contribution < -0.4 is 0 Å². The van der Waals surface area contributed by atoms with Crippen LogP contribution in [0.15, 0.2) is 0 Å². The van der Waals surface area contributed by atoms with E-state index in [2.05, 4.69) is 0 Å². The van der Waals surface area contributed by atoms with Crippen LogP contribution in [-0.2, 0) is 14.4 Å². The molecule has 1 aliphatic heterocycles. The fourth-order valence-electron chi connectivity index (χ4n) is 1.82. The molecule has 0 unspecified atom stereocenters. The van der Waals surface area contributed by atoms with Gasteiger partial charge in [0.2, 0.25) is 12.8 Å². The lowest BCUT2D eigenvalue weighted by Gasteiger charge is -2.22. The average molecular weight is 241 g/mol. The van der Waals surface area contributed by atoms with Gasteiger partial charge in [-0.15, -0.1) is 0 Å². The number of carbonyl (C=O) groups is 3. The van der Waals surface area contributed by atoms with Gasteiger partial charge in [0.05, 0.1) is 6.54 Å². The Bertz CT molecular complexity index is 263. The zero-order valence-electron chi connectivity index (χ0n) is 10.2. The lowest BCUT2D eigenvalue weighted by Crippen LogP contribution is -2.38. The molecule has 96 valence electrons. The molecule has 1 rings (SSSR count). The Hall–Kier alpha value is -1.43. The van der Waals surface area contributed by atoms with Crippen LogP contribution in [-0.4, -0.2) is 79.1 Å². The van der Waals surface area contributed by atoms with E-state index in [1.165, 1.54) is 0 Å². The molecule has 0 atom stereocenters. The Kier molecular flexibility index (Phi) is 5.62. The van der Waals surface area contributed by atoms with E-state index in [0.717, 1.165) is 12.8 Å². The second-order valence-corrected chi connectivity index (χ2v) is 4.26. The van der Waals surface area contributed by atoms with Crippen molar-refractivity contribution in [2.75, 3.05) is 45.8 Å². The van der Waals surface area contributed by atoms with Gasteiger partial charge in [0.15, 0.2) is 0 Å². The maximum atomic E-state index is 11.1. The van der Waals surface area contributed by atoms with Crippen LogP contribution in [0.4, 0.5) is 0 Å². The van der Waals surface area contributed by atoms with Gasteiger partial charge in [0.1, 0.15) is 5.78 Å². The Labute approximate surface area is 101 Å². The summed E-state index contributed by atoms with van der Waals surface area (Å²) in [5.74, 6) is 0.0968. The van der Waals surface area contributed by atoms with Gasteiger partial charge in [-0.25, -0.2) is 0 Å². The summed E-state index contributed by atoms with van der Waals surface area (Å²) < 4.78 is 0. The Morgan fingerprint density at radius 3 is 1.71 bits per heavy atom. The van der Waals surface area contributed by atoms with Crippen molar-refractivity contribution in [3.63, 3.8) is 0 Å². The monoisotopic (exact) mass is 241 g/mol. The van der Waals surface area contributed by atoms with Crippen molar-refractivity contribution in [3.05, 3.63) is 0 Å². The van der Waals surface area contributed by atoms with Crippen molar-refractivity contribution in [3.8, 4) is 0 Å². The van der Waals surface area contributed by atoms with Gasteiger partial charge in [-0.3, -0.25) is 19.3 Å². The highest BCUT2D eigenvalue weighted by atomic mass is 16.1. The van der Waals surface area contributed by atoms with Crippen molar-refractivity contribution in [1.29, 1.82) is 0 Å². The van der Waals surface area contributed by atoms with Gasteiger partial charge < -0.3 is 9.80 Å². The lowest BCUT2D eigenvalue weighted by molar-refractivity contribution is -0.121. The number of Topliss-reactive ketones (excluding diaryl/α,β-unsaturated/α-hetero) is 1. The molecule has 6 heteroatoms. The Balaban J connectivity index is 2.59. The first-order valence-corrected chi connectivity index (χ1v) is 5.76. The summed E-state index contributed by atoms with van der Waals surface area (Å²) in [5.41, 5.74) is 0. The number of rotatable bonds is 4. The van der Waals surface area contributed by atoms with Gasteiger partial charge in [0, 0.05) is 39.3 Å². The van der Waals surface area contributed by atoms with Crippen molar-refractivity contribution < 1.29 is 14.4 Å². The highest BCUT2D eigenvalue weighted by Gasteiger charge is 2.15. The van der Waals surface area contributed by atoms with Crippen LogP contribution in [0, 0.1) is 0 Å². The van der Waals surface area contributed by atoms with Crippen LogP contribution >= 0.6 is 0 Å². The molecule has 0 spiro atoms. The molecule has 0 bridgehead atoms. The van der Waals surface area contributed by atoms with Gasteiger partial charge in [-0.1, -0.05) is 0 Å². The van der Waals surface area contributed by atoms with Gasteiger partial charge >= 0.3 is 0 Å². The third-order valence-electron chi connectivity index (χ3n) is 2.83. The third kappa shape index (κ3) is 4.95. The Morgan fingerprint density at radius 1 is 0.941 bits per heavy atom. The summed E-state index contributed by atoms with van der Waals surface area (Å²) in [6.07, 6.45) is 1.58. The van der Waals surface area contributed by atoms with Crippen LogP contribution in [0.5, 0.6) is 0 Å². The van der Waals surface area contributed by atoms with Gasteiger partial charge in [-0.2, -0.15) is 0 Å². The number of ketones is 1. The molecule has 17 heavy (non-hydrogen) atoms. The summed E-state index contributed by atoms with van der Waals surface area (Å²) in [7, 11) is 0. The summed E-state index contributed by atoms with van der Waals surface area (Å²) >= 11 is 0. The minimum atomic E-state index is 0.0968. The highest BCUT2D eigenvalue weighted by Crippen LogP contribution is 1.97. The molecular weight excluding hydrogens is 222 g/mol. The normalized spacial score (nSPS) is 19.1. The summed E-state index contributed by atoms with van der Waals surface area (Å²) in [5, 5.41) is 0. The molecule has 6 nitrogen and oxygen atoms in total. The van der Waals surface area contributed by atoms with Crippen LogP contribution in [0.25, 0.3) is 0 Å². The molecule has 0 aliphatic carbocycles. The molecule has 0 aromatic rings. The average Bonchev–Trinajstić information content (AvgIpc) is 2.39. The third-order valence-corrected chi connectivity index (χ3v) is 2.83. The first-order valence-electron chi connectivity index (χ1n) is 5.76.